The van der Waals surface area contributed by atoms with E-state index in [2.05, 4.69) is 10.1 Å². The predicted octanol–water partition coefficient (Wildman–Crippen LogP) is -0.0830. The number of carbonyl (C=O) groups is 2. The minimum absolute atomic E-state index is 0.112. The van der Waals surface area contributed by atoms with Crippen LogP contribution in [0.25, 0.3) is 5.53 Å². The fourth-order valence-corrected chi connectivity index (χ4v) is 1.06. The van der Waals surface area contributed by atoms with Gasteiger partial charge >= 0.3 is 18.1 Å². The standard InChI is InChI=1S/C10H8N4O5/c11-13-5-9(15)12-6-10(16)19-8-3-1-7(2-4-8)14(17)18/h1-5H,6H2,(H,12,15). The Morgan fingerprint density at radius 3 is 2.58 bits per heavy atom. The molecule has 0 heterocycles. The smallest absolute Gasteiger partial charge is 0.344 e. The number of esters is 1. The van der Waals surface area contributed by atoms with Crippen LogP contribution in [0.1, 0.15) is 0 Å². The van der Waals surface area contributed by atoms with Gasteiger partial charge in [-0.25, -0.2) is 4.79 Å². The molecule has 0 unspecified atom stereocenters. The molecular formula is C10H8N4O5. The Morgan fingerprint density at radius 2 is 2.05 bits per heavy atom. The van der Waals surface area contributed by atoms with E-state index < -0.39 is 23.3 Å². The topological polar surface area (TPSA) is 135 Å². The molecule has 0 atom stereocenters. The van der Waals surface area contributed by atoms with Gasteiger partial charge in [-0.3, -0.25) is 14.9 Å². The molecule has 1 aromatic carbocycles. The van der Waals surface area contributed by atoms with E-state index in [0.29, 0.717) is 6.21 Å². The van der Waals surface area contributed by atoms with Crippen molar-refractivity contribution in [2.75, 3.05) is 6.54 Å². The maximum atomic E-state index is 11.3. The molecule has 0 aliphatic heterocycles. The van der Waals surface area contributed by atoms with Gasteiger partial charge in [0.15, 0.2) is 0 Å². The third-order valence-electron chi connectivity index (χ3n) is 1.86. The molecule has 19 heavy (non-hydrogen) atoms. The molecule has 1 rings (SSSR count). The highest BCUT2D eigenvalue weighted by Gasteiger charge is 2.10. The molecule has 98 valence electrons. The number of nitrogens with zero attached hydrogens (tertiary/aromatic N) is 3. The molecule has 0 saturated carbocycles. The maximum Gasteiger partial charge on any atom is 0.344 e. The van der Waals surface area contributed by atoms with E-state index in [1.807, 2.05) is 0 Å². The Kier molecular flexibility index (Phi) is 4.88. The van der Waals surface area contributed by atoms with Gasteiger partial charge in [-0.05, 0) is 12.1 Å². The summed E-state index contributed by atoms with van der Waals surface area (Å²) < 4.78 is 4.79. The number of hydrogen-bond acceptors (Lipinski definition) is 5. The molecule has 0 saturated heterocycles. The highest BCUT2D eigenvalue weighted by molar-refractivity contribution is 6.24. The van der Waals surface area contributed by atoms with Gasteiger partial charge in [0.1, 0.15) is 12.3 Å². The van der Waals surface area contributed by atoms with Crippen LogP contribution in [-0.4, -0.2) is 34.3 Å². The Balaban J connectivity index is 2.50. The number of ether oxygens (including phenoxy) is 1. The fraction of sp³-hybridized carbons (Fsp3) is 0.100. The lowest BCUT2D eigenvalue weighted by Gasteiger charge is -2.03. The number of nitro benzene ring substituents is 1. The predicted molar refractivity (Wildman–Crippen MR) is 61.4 cm³/mol. The monoisotopic (exact) mass is 264 g/mol. The normalized spacial score (nSPS) is 9.05. The Labute approximate surface area is 106 Å². The molecule has 0 aliphatic carbocycles. The molecular weight excluding hydrogens is 256 g/mol. The molecule has 0 spiro atoms. The van der Waals surface area contributed by atoms with Gasteiger partial charge in [-0.2, -0.15) is 4.79 Å². The van der Waals surface area contributed by atoms with E-state index in [1.54, 1.807) is 0 Å². The largest absolute Gasteiger partial charge is 0.425 e. The average molecular weight is 264 g/mol. The van der Waals surface area contributed by atoms with Crippen molar-refractivity contribution in [2.45, 2.75) is 0 Å². The van der Waals surface area contributed by atoms with Gasteiger partial charge in [0.25, 0.3) is 5.69 Å². The summed E-state index contributed by atoms with van der Waals surface area (Å²) in [6, 6.07) is 4.87. The number of carbonyl (C=O) groups excluding carboxylic acids is 2. The Hall–Kier alpha value is -3.06. The van der Waals surface area contributed by atoms with Crippen molar-refractivity contribution in [3.05, 3.63) is 39.9 Å². The minimum atomic E-state index is -0.770. The van der Waals surface area contributed by atoms with Crippen molar-refractivity contribution < 1.29 is 24.0 Å². The van der Waals surface area contributed by atoms with Gasteiger partial charge in [-0.15, -0.1) is 0 Å². The van der Waals surface area contributed by atoms with Crippen molar-refractivity contribution in [1.82, 2.24) is 5.32 Å². The molecule has 0 aromatic heterocycles. The van der Waals surface area contributed by atoms with E-state index in [9.17, 15) is 19.7 Å². The minimum Gasteiger partial charge on any atom is -0.425 e. The quantitative estimate of drug-likeness (QED) is 0.151. The Bertz CT molecular complexity index is 548. The average Bonchev–Trinajstić information content (AvgIpc) is 2.37. The van der Waals surface area contributed by atoms with E-state index >= 15 is 0 Å². The summed E-state index contributed by atoms with van der Waals surface area (Å²) >= 11 is 0. The summed E-state index contributed by atoms with van der Waals surface area (Å²) in [4.78, 5) is 34.4. The molecule has 1 N–H and O–H groups in total. The lowest BCUT2D eigenvalue weighted by molar-refractivity contribution is -0.384. The van der Waals surface area contributed by atoms with Crippen molar-refractivity contribution in [3.63, 3.8) is 0 Å². The summed E-state index contributed by atoms with van der Waals surface area (Å²) in [6.07, 6.45) is 0.582. The highest BCUT2D eigenvalue weighted by atomic mass is 16.6. The van der Waals surface area contributed by atoms with Crippen LogP contribution in [-0.2, 0) is 9.59 Å². The zero-order chi connectivity index (χ0) is 14.3. The first-order valence-corrected chi connectivity index (χ1v) is 4.93. The van der Waals surface area contributed by atoms with Crippen LogP contribution in [0, 0.1) is 10.1 Å². The van der Waals surface area contributed by atoms with Gasteiger partial charge in [0.05, 0.1) is 4.92 Å². The maximum absolute atomic E-state index is 11.3. The molecule has 9 heteroatoms. The zero-order valence-electron chi connectivity index (χ0n) is 9.48. The molecule has 0 bridgehead atoms. The van der Waals surface area contributed by atoms with Gasteiger partial charge in [0, 0.05) is 12.1 Å². The molecule has 0 aliphatic rings. The highest BCUT2D eigenvalue weighted by Crippen LogP contribution is 2.17. The number of non-ortho nitro benzene ring substituents is 1. The van der Waals surface area contributed by atoms with Crippen molar-refractivity contribution in [1.29, 1.82) is 0 Å². The van der Waals surface area contributed by atoms with E-state index in [1.165, 1.54) is 24.3 Å². The van der Waals surface area contributed by atoms with Crippen molar-refractivity contribution in [2.24, 2.45) is 0 Å². The number of hydrogen-bond donors (Lipinski definition) is 1. The van der Waals surface area contributed by atoms with E-state index in [-0.39, 0.29) is 11.4 Å². The molecule has 1 amide bonds. The second-order valence-corrected chi connectivity index (χ2v) is 3.19. The SMILES string of the molecule is [N-]=[N+]=CC(=O)NCC(=O)Oc1ccc([N+](=O)[O-])cc1. The number of nitrogens with one attached hydrogen (secondary N) is 1. The summed E-state index contributed by atoms with van der Waals surface area (Å²) in [6.45, 7) is -0.429. The third-order valence-corrected chi connectivity index (χ3v) is 1.86. The second-order valence-electron chi connectivity index (χ2n) is 3.19. The first kappa shape index (κ1) is 14.0. The number of amides is 1. The van der Waals surface area contributed by atoms with Crippen LogP contribution in [0.15, 0.2) is 24.3 Å². The lowest BCUT2D eigenvalue weighted by Crippen LogP contribution is -2.32. The summed E-state index contributed by atoms with van der Waals surface area (Å²) in [5.74, 6) is -1.42. The van der Waals surface area contributed by atoms with E-state index in [4.69, 9.17) is 10.3 Å². The summed E-state index contributed by atoms with van der Waals surface area (Å²) in [7, 11) is 0. The summed E-state index contributed by atoms with van der Waals surface area (Å²) in [5.41, 5.74) is 7.91. The second kappa shape index (κ2) is 6.62. The fourth-order valence-electron chi connectivity index (χ4n) is 1.06. The van der Waals surface area contributed by atoms with Crippen LogP contribution in [0.2, 0.25) is 0 Å². The molecule has 9 nitrogen and oxygen atoms in total. The van der Waals surface area contributed by atoms with Gasteiger partial charge < -0.3 is 15.6 Å². The zero-order valence-corrected chi connectivity index (χ0v) is 9.48. The number of nitro groups is 1. The van der Waals surface area contributed by atoms with Gasteiger partial charge in [0.2, 0.25) is 0 Å². The number of rotatable bonds is 5. The molecule has 0 fully saturated rings. The Morgan fingerprint density at radius 1 is 1.42 bits per heavy atom. The number of benzene rings is 1. The first-order chi connectivity index (χ1) is 9.02. The lowest BCUT2D eigenvalue weighted by atomic mass is 10.3. The summed E-state index contributed by atoms with van der Waals surface area (Å²) in [5, 5.41) is 12.5. The van der Waals surface area contributed by atoms with Crippen LogP contribution in [0.3, 0.4) is 0 Å². The van der Waals surface area contributed by atoms with Crippen molar-refractivity contribution in [3.8, 4) is 5.75 Å². The van der Waals surface area contributed by atoms with Crippen LogP contribution in [0.5, 0.6) is 5.75 Å². The van der Waals surface area contributed by atoms with Crippen LogP contribution >= 0.6 is 0 Å². The third kappa shape index (κ3) is 4.75. The molecule has 0 radical (unpaired) electrons. The van der Waals surface area contributed by atoms with Gasteiger partial charge in [-0.1, -0.05) is 0 Å². The van der Waals surface area contributed by atoms with Crippen molar-refractivity contribution >= 4 is 23.8 Å². The first-order valence-electron chi connectivity index (χ1n) is 4.93. The van der Waals surface area contributed by atoms with Crippen LogP contribution < -0.4 is 10.1 Å². The molecule has 1 aromatic rings. The van der Waals surface area contributed by atoms with Crippen LogP contribution in [0.4, 0.5) is 5.69 Å². The van der Waals surface area contributed by atoms with E-state index in [0.717, 1.165) is 0 Å².